The minimum Gasteiger partial charge on any atom is -0.205 e. The number of rotatable bonds is 2. The smallest absolute Gasteiger partial charge is 0.205 e. The summed E-state index contributed by atoms with van der Waals surface area (Å²) in [6.07, 6.45) is -8.45. The van der Waals surface area contributed by atoms with E-state index in [1.807, 2.05) is 0 Å². The van der Waals surface area contributed by atoms with Crippen LogP contribution in [0.3, 0.4) is 0 Å². The van der Waals surface area contributed by atoms with E-state index >= 15 is 0 Å². The maximum Gasteiger partial charge on any atom is 0.416 e. The SMILES string of the molecule is FC(F)c1c(-c2c(Cl)c(Cl)c(Cl)c(Cl)c2Cl)cccc1C(F)(F)F. The fraction of sp³-hybridized carbons (Fsp3) is 0.143. The van der Waals surface area contributed by atoms with Gasteiger partial charge in [-0.1, -0.05) is 70.1 Å². The zero-order chi connectivity index (χ0) is 18.4. The average Bonchev–Trinajstić information content (AvgIpc) is 2.50. The highest BCUT2D eigenvalue weighted by Gasteiger charge is 2.38. The van der Waals surface area contributed by atoms with Crippen LogP contribution in [0.1, 0.15) is 17.6 Å². The molecule has 0 bridgehead atoms. The van der Waals surface area contributed by atoms with Crippen molar-refractivity contribution in [1.82, 2.24) is 0 Å². The molecule has 24 heavy (non-hydrogen) atoms. The minimum atomic E-state index is -5.00. The summed E-state index contributed by atoms with van der Waals surface area (Å²) in [5.41, 5.74) is -3.66. The molecular formula is C14H4Cl5F5. The third-order valence-electron chi connectivity index (χ3n) is 3.11. The molecule has 0 heterocycles. The Morgan fingerprint density at radius 3 is 1.62 bits per heavy atom. The molecule has 0 aromatic heterocycles. The molecule has 0 N–H and O–H groups in total. The zero-order valence-corrected chi connectivity index (χ0v) is 14.9. The first-order chi connectivity index (χ1) is 11.0. The molecule has 130 valence electrons. The van der Waals surface area contributed by atoms with E-state index in [4.69, 9.17) is 58.0 Å². The first-order valence-corrected chi connectivity index (χ1v) is 7.87. The summed E-state index contributed by atoms with van der Waals surface area (Å²) >= 11 is 29.4. The van der Waals surface area contributed by atoms with Crippen molar-refractivity contribution in [2.24, 2.45) is 0 Å². The van der Waals surface area contributed by atoms with Gasteiger partial charge in [0.1, 0.15) is 0 Å². The van der Waals surface area contributed by atoms with Gasteiger partial charge in [-0.15, -0.1) is 0 Å². The van der Waals surface area contributed by atoms with Gasteiger partial charge in [0.15, 0.2) is 0 Å². The second-order valence-corrected chi connectivity index (χ2v) is 6.40. The van der Waals surface area contributed by atoms with Crippen LogP contribution in [0.4, 0.5) is 22.0 Å². The summed E-state index contributed by atoms with van der Waals surface area (Å²) in [7, 11) is 0. The zero-order valence-electron chi connectivity index (χ0n) is 11.1. The molecule has 0 saturated heterocycles. The molecule has 2 aromatic rings. The van der Waals surface area contributed by atoms with Gasteiger partial charge in [0, 0.05) is 11.1 Å². The first kappa shape index (κ1) is 19.9. The van der Waals surface area contributed by atoms with Gasteiger partial charge in [-0.05, 0) is 11.6 Å². The molecule has 0 unspecified atom stereocenters. The highest BCUT2D eigenvalue weighted by molar-refractivity contribution is 6.56. The monoisotopic (exact) mass is 442 g/mol. The normalized spacial score (nSPS) is 12.1. The van der Waals surface area contributed by atoms with Crippen molar-refractivity contribution in [1.29, 1.82) is 0 Å². The van der Waals surface area contributed by atoms with Gasteiger partial charge in [0.25, 0.3) is 6.43 Å². The Morgan fingerprint density at radius 2 is 1.21 bits per heavy atom. The molecule has 2 aromatic carbocycles. The Kier molecular flexibility index (Phi) is 5.83. The number of halogens is 10. The third kappa shape index (κ3) is 3.42. The molecule has 0 aliphatic rings. The van der Waals surface area contributed by atoms with Crippen LogP contribution < -0.4 is 0 Å². The Balaban J connectivity index is 2.95. The third-order valence-corrected chi connectivity index (χ3v) is 5.39. The Morgan fingerprint density at radius 1 is 0.750 bits per heavy atom. The van der Waals surface area contributed by atoms with Gasteiger partial charge in [-0.2, -0.15) is 13.2 Å². The summed E-state index contributed by atoms with van der Waals surface area (Å²) in [5.74, 6) is 0. The van der Waals surface area contributed by atoms with Crippen molar-refractivity contribution < 1.29 is 22.0 Å². The fourth-order valence-corrected chi connectivity index (χ4v) is 3.45. The van der Waals surface area contributed by atoms with E-state index in [-0.39, 0.29) is 30.7 Å². The summed E-state index contributed by atoms with van der Waals surface area (Å²) < 4.78 is 65.9. The molecule has 0 atom stereocenters. The summed E-state index contributed by atoms with van der Waals surface area (Å²) in [6, 6.07) is 2.50. The van der Waals surface area contributed by atoms with Crippen LogP contribution in [0.5, 0.6) is 0 Å². The molecule has 0 aliphatic carbocycles. The van der Waals surface area contributed by atoms with Crippen LogP contribution in [-0.4, -0.2) is 0 Å². The molecular weight excluding hydrogens is 440 g/mol. The van der Waals surface area contributed by atoms with E-state index < -0.39 is 29.3 Å². The highest BCUT2D eigenvalue weighted by Crippen LogP contribution is 2.51. The highest BCUT2D eigenvalue weighted by atomic mass is 35.5. The van der Waals surface area contributed by atoms with Crippen molar-refractivity contribution in [3.63, 3.8) is 0 Å². The number of alkyl halides is 5. The second-order valence-electron chi connectivity index (χ2n) is 4.51. The van der Waals surface area contributed by atoms with Crippen LogP contribution >= 0.6 is 58.0 Å². The van der Waals surface area contributed by atoms with Gasteiger partial charge in [-0.25, -0.2) is 8.78 Å². The summed E-state index contributed by atoms with van der Waals surface area (Å²) in [4.78, 5) is 0. The Bertz CT molecular complexity index is 772. The minimum absolute atomic E-state index is 0.234. The first-order valence-electron chi connectivity index (χ1n) is 5.98. The maximum atomic E-state index is 13.4. The Hall–Kier alpha value is -0.460. The van der Waals surface area contributed by atoms with Gasteiger partial charge in [-0.3, -0.25) is 0 Å². The standard InChI is InChI=1S/C14H4Cl5F5/c15-8-7(9(16)11(18)12(19)10(8)17)4-2-1-3-5(14(22,23)24)6(4)13(20)21/h1-3,13H. The molecule has 10 heteroatoms. The predicted octanol–water partition coefficient (Wildman–Crippen LogP) is 8.58. The van der Waals surface area contributed by atoms with E-state index in [1.54, 1.807) is 0 Å². The average molecular weight is 444 g/mol. The van der Waals surface area contributed by atoms with Crippen LogP contribution in [0, 0.1) is 0 Å². The largest absolute Gasteiger partial charge is 0.416 e. The Labute approximate surface area is 158 Å². The molecule has 0 fully saturated rings. The molecule has 0 saturated carbocycles. The molecule has 0 amide bonds. The number of benzene rings is 2. The van der Waals surface area contributed by atoms with E-state index in [1.165, 1.54) is 0 Å². The van der Waals surface area contributed by atoms with E-state index in [2.05, 4.69) is 0 Å². The van der Waals surface area contributed by atoms with Gasteiger partial charge < -0.3 is 0 Å². The van der Waals surface area contributed by atoms with Gasteiger partial charge >= 0.3 is 6.18 Å². The number of hydrogen-bond acceptors (Lipinski definition) is 0. The van der Waals surface area contributed by atoms with Gasteiger partial charge in [0.2, 0.25) is 0 Å². The van der Waals surface area contributed by atoms with Crippen molar-refractivity contribution in [3.8, 4) is 11.1 Å². The summed E-state index contributed by atoms with van der Waals surface area (Å²) in [6.45, 7) is 0. The van der Waals surface area contributed by atoms with Crippen molar-refractivity contribution >= 4 is 58.0 Å². The van der Waals surface area contributed by atoms with E-state index in [0.29, 0.717) is 6.07 Å². The summed E-state index contributed by atoms with van der Waals surface area (Å²) in [5, 5.41) is -1.60. The quantitative estimate of drug-likeness (QED) is 0.247. The van der Waals surface area contributed by atoms with Crippen LogP contribution in [-0.2, 0) is 6.18 Å². The van der Waals surface area contributed by atoms with Crippen LogP contribution in [0.15, 0.2) is 18.2 Å². The van der Waals surface area contributed by atoms with Crippen molar-refractivity contribution in [3.05, 3.63) is 54.4 Å². The lowest BCUT2D eigenvalue weighted by Gasteiger charge is -2.19. The molecule has 0 radical (unpaired) electrons. The lowest BCUT2D eigenvalue weighted by molar-refractivity contribution is -0.139. The second kappa shape index (κ2) is 7.04. The van der Waals surface area contributed by atoms with Crippen molar-refractivity contribution in [2.75, 3.05) is 0 Å². The maximum absolute atomic E-state index is 13.4. The topological polar surface area (TPSA) is 0 Å². The van der Waals surface area contributed by atoms with E-state index in [0.717, 1.165) is 12.1 Å². The number of hydrogen-bond donors (Lipinski definition) is 0. The molecule has 0 nitrogen and oxygen atoms in total. The fourth-order valence-electron chi connectivity index (χ4n) is 2.11. The van der Waals surface area contributed by atoms with Crippen LogP contribution in [0.25, 0.3) is 11.1 Å². The molecule has 0 aliphatic heterocycles. The van der Waals surface area contributed by atoms with Crippen molar-refractivity contribution in [2.45, 2.75) is 12.6 Å². The molecule has 0 spiro atoms. The van der Waals surface area contributed by atoms with Crippen LogP contribution in [0.2, 0.25) is 25.1 Å². The predicted molar refractivity (Wildman–Crippen MR) is 86.9 cm³/mol. The lowest BCUT2D eigenvalue weighted by Crippen LogP contribution is -2.11. The van der Waals surface area contributed by atoms with Gasteiger partial charge in [0.05, 0.1) is 30.7 Å². The van der Waals surface area contributed by atoms with E-state index in [9.17, 15) is 22.0 Å². The lowest BCUT2D eigenvalue weighted by atomic mass is 9.95. The molecule has 2 rings (SSSR count).